The van der Waals surface area contributed by atoms with E-state index >= 15 is 0 Å². The standard InChI is InChI=1S/C37H44N2O2S/c1-26(2)29-18-16-28(4)35-32(24-29)27(3)17-19-31-33(35)25-34(38-20-10-6-11-21-38)37(36(31)39-22-12-7-13-23-39)42(40,41)30-14-8-5-9-15-30/h5,8-9,14-19,24-26H,6-7,10-13,20-23H2,1-4H3. The minimum Gasteiger partial charge on any atom is -0.370 e. The number of benzene rings is 2. The van der Waals surface area contributed by atoms with Crippen molar-refractivity contribution in [1.82, 2.24) is 0 Å². The Balaban J connectivity index is 1.72. The summed E-state index contributed by atoms with van der Waals surface area (Å²) < 4.78 is 29.6. The molecule has 2 saturated heterocycles. The molecule has 5 heteroatoms. The lowest BCUT2D eigenvalue weighted by Gasteiger charge is -2.37. The molecule has 2 aliphatic carbocycles. The fourth-order valence-corrected chi connectivity index (χ4v) is 8.65. The number of fused-ring (bicyclic) bond motifs is 3. The summed E-state index contributed by atoms with van der Waals surface area (Å²) in [4.78, 5) is 5.60. The molecule has 0 saturated carbocycles. The summed E-state index contributed by atoms with van der Waals surface area (Å²) in [7, 11) is -3.80. The van der Waals surface area contributed by atoms with Gasteiger partial charge in [0.15, 0.2) is 0 Å². The van der Waals surface area contributed by atoms with Gasteiger partial charge in [0.05, 0.1) is 16.3 Å². The summed E-state index contributed by atoms with van der Waals surface area (Å²) in [6, 6.07) is 11.3. The van der Waals surface area contributed by atoms with Gasteiger partial charge in [-0.1, -0.05) is 62.4 Å². The number of hydrogen-bond donors (Lipinski definition) is 0. The van der Waals surface area contributed by atoms with Crippen LogP contribution in [0.15, 0.2) is 92.8 Å². The average molecular weight is 581 g/mol. The van der Waals surface area contributed by atoms with E-state index in [4.69, 9.17) is 0 Å². The van der Waals surface area contributed by atoms with Crippen molar-refractivity contribution in [3.05, 3.63) is 94.1 Å². The first-order chi connectivity index (χ1) is 20.3. The maximum absolute atomic E-state index is 14.8. The molecule has 0 atom stereocenters. The van der Waals surface area contributed by atoms with E-state index in [9.17, 15) is 8.42 Å². The van der Waals surface area contributed by atoms with Crippen molar-refractivity contribution in [2.75, 3.05) is 36.0 Å². The van der Waals surface area contributed by atoms with Crippen molar-refractivity contribution in [3.63, 3.8) is 0 Å². The zero-order valence-electron chi connectivity index (χ0n) is 25.6. The second-order valence-electron chi connectivity index (χ2n) is 12.6. The lowest BCUT2D eigenvalue weighted by molar-refractivity contribution is 0.562. The Morgan fingerprint density at radius 1 is 0.738 bits per heavy atom. The topological polar surface area (TPSA) is 40.6 Å². The Morgan fingerprint density at radius 3 is 2.00 bits per heavy atom. The van der Waals surface area contributed by atoms with Crippen LogP contribution < -0.4 is 9.80 Å². The summed E-state index contributed by atoms with van der Waals surface area (Å²) in [5.74, 6) is 0.409. The summed E-state index contributed by atoms with van der Waals surface area (Å²) in [5, 5.41) is 0. The van der Waals surface area contributed by atoms with Crippen molar-refractivity contribution in [1.29, 1.82) is 0 Å². The van der Waals surface area contributed by atoms with Gasteiger partial charge in [0, 0.05) is 31.7 Å². The van der Waals surface area contributed by atoms with E-state index < -0.39 is 9.84 Å². The number of rotatable bonds is 5. The SMILES string of the molecule is CC1=C2C=C(C(C)C)C=CC(C)=C2c2cc(N3CCCCC3)c(S(=O)(=O)c3ccccc3)c(N3CCCCC3)c2C=C1. The molecule has 2 aliphatic heterocycles. The molecule has 2 aromatic rings. The van der Waals surface area contributed by atoms with Crippen molar-refractivity contribution in [2.45, 2.75) is 76.0 Å². The van der Waals surface area contributed by atoms with Gasteiger partial charge in [-0.15, -0.1) is 0 Å². The predicted octanol–water partition coefficient (Wildman–Crippen LogP) is 8.77. The third kappa shape index (κ3) is 5.21. The van der Waals surface area contributed by atoms with Gasteiger partial charge in [-0.3, -0.25) is 0 Å². The fraction of sp³-hybridized carbons (Fsp3) is 0.405. The number of hydrogen-bond acceptors (Lipinski definition) is 4. The van der Waals surface area contributed by atoms with Crippen molar-refractivity contribution < 1.29 is 8.42 Å². The van der Waals surface area contributed by atoms with Crippen LogP contribution in [0.2, 0.25) is 0 Å². The normalized spacial score (nSPS) is 19.5. The lowest BCUT2D eigenvalue weighted by Crippen LogP contribution is -2.35. The van der Waals surface area contributed by atoms with Gasteiger partial charge >= 0.3 is 0 Å². The molecule has 0 spiro atoms. The zero-order chi connectivity index (χ0) is 29.4. The van der Waals surface area contributed by atoms with Crippen LogP contribution in [0, 0.1) is 5.92 Å². The Bertz CT molecular complexity index is 1630. The molecule has 220 valence electrons. The van der Waals surface area contributed by atoms with E-state index in [1.807, 2.05) is 18.2 Å². The Hall–Kier alpha value is -3.31. The monoisotopic (exact) mass is 580 g/mol. The highest BCUT2D eigenvalue weighted by molar-refractivity contribution is 7.91. The van der Waals surface area contributed by atoms with Crippen LogP contribution in [0.25, 0.3) is 11.6 Å². The minimum absolute atomic E-state index is 0.367. The molecule has 4 aliphatic rings. The third-order valence-electron chi connectivity index (χ3n) is 9.33. The maximum atomic E-state index is 14.8. The van der Waals surface area contributed by atoms with E-state index in [-0.39, 0.29) is 0 Å². The quantitative estimate of drug-likeness (QED) is 0.354. The van der Waals surface area contributed by atoms with Gasteiger partial charge in [-0.2, -0.15) is 0 Å². The molecular formula is C37H44N2O2S. The van der Waals surface area contributed by atoms with Gasteiger partial charge in [0.2, 0.25) is 9.84 Å². The minimum atomic E-state index is -3.80. The van der Waals surface area contributed by atoms with Crippen LogP contribution in [0.1, 0.15) is 77.3 Å². The number of anilines is 2. The highest BCUT2D eigenvalue weighted by Gasteiger charge is 2.35. The summed E-state index contributed by atoms with van der Waals surface area (Å²) in [6.07, 6.45) is 18.0. The fourth-order valence-electron chi connectivity index (χ4n) is 6.94. The molecule has 0 radical (unpaired) electrons. The van der Waals surface area contributed by atoms with Crippen LogP contribution in [0.5, 0.6) is 0 Å². The van der Waals surface area contributed by atoms with Crippen LogP contribution >= 0.6 is 0 Å². The maximum Gasteiger partial charge on any atom is 0.210 e. The first-order valence-corrected chi connectivity index (χ1v) is 17.3. The molecule has 6 rings (SSSR count). The highest BCUT2D eigenvalue weighted by Crippen LogP contribution is 2.49. The first kappa shape index (κ1) is 28.8. The summed E-state index contributed by atoms with van der Waals surface area (Å²) in [5.41, 5.74) is 10.1. The smallest absolute Gasteiger partial charge is 0.210 e. The van der Waals surface area contributed by atoms with Crippen LogP contribution in [0.3, 0.4) is 0 Å². The van der Waals surface area contributed by atoms with Gasteiger partial charge in [0.25, 0.3) is 0 Å². The first-order valence-electron chi connectivity index (χ1n) is 15.8. The molecule has 42 heavy (non-hydrogen) atoms. The Morgan fingerprint density at radius 2 is 1.36 bits per heavy atom. The van der Waals surface area contributed by atoms with E-state index in [1.165, 1.54) is 40.7 Å². The van der Waals surface area contributed by atoms with Gasteiger partial charge in [-0.05, 0) is 110 Å². The number of nitrogens with zero attached hydrogens (tertiary/aromatic N) is 2. The van der Waals surface area contributed by atoms with E-state index in [2.05, 4.69) is 73.9 Å². The zero-order valence-corrected chi connectivity index (χ0v) is 26.4. The van der Waals surface area contributed by atoms with Gasteiger partial charge in [-0.25, -0.2) is 8.42 Å². The lowest BCUT2D eigenvalue weighted by atomic mass is 9.87. The number of allylic oxidation sites excluding steroid dienone is 9. The van der Waals surface area contributed by atoms with E-state index in [0.29, 0.717) is 15.7 Å². The van der Waals surface area contributed by atoms with Crippen LogP contribution in [-0.2, 0) is 9.84 Å². The molecule has 2 heterocycles. The van der Waals surface area contributed by atoms with Crippen LogP contribution in [0.4, 0.5) is 11.4 Å². The summed E-state index contributed by atoms with van der Waals surface area (Å²) >= 11 is 0. The molecule has 0 amide bonds. The van der Waals surface area contributed by atoms with Crippen molar-refractivity contribution in [3.8, 4) is 0 Å². The molecule has 0 N–H and O–H groups in total. The molecule has 0 unspecified atom stereocenters. The molecule has 4 nitrogen and oxygen atoms in total. The average Bonchev–Trinajstić information content (AvgIpc) is 3.27. The summed E-state index contributed by atoms with van der Waals surface area (Å²) in [6.45, 7) is 12.4. The van der Waals surface area contributed by atoms with Crippen molar-refractivity contribution >= 4 is 32.9 Å². The molecular weight excluding hydrogens is 536 g/mol. The second kappa shape index (κ2) is 11.8. The largest absolute Gasteiger partial charge is 0.370 e. The van der Waals surface area contributed by atoms with Gasteiger partial charge in [0.1, 0.15) is 4.90 Å². The molecule has 0 aromatic heterocycles. The Kier molecular flexibility index (Phi) is 8.06. The number of piperidine rings is 2. The third-order valence-corrected chi connectivity index (χ3v) is 11.2. The number of sulfone groups is 1. The Labute approximate surface area is 252 Å². The molecule has 2 fully saturated rings. The van der Waals surface area contributed by atoms with Crippen LogP contribution in [-0.4, -0.2) is 34.6 Å². The second-order valence-corrected chi connectivity index (χ2v) is 14.5. The molecule has 0 bridgehead atoms. The molecule has 2 aromatic carbocycles. The van der Waals surface area contributed by atoms with Crippen molar-refractivity contribution in [2.24, 2.45) is 5.92 Å². The predicted molar refractivity (Wildman–Crippen MR) is 177 cm³/mol. The highest BCUT2D eigenvalue weighted by atomic mass is 32.2. The van der Waals surface area contributed by atoms with E-state index in [1.54, 1.807) is 12.1 Å². The van der Waals surface area contributed by atoms with Gasteiger partial charge < -0.3 is 9.80 Å². The van der Waals surface area contributed by atoms with E-state index in [0.717, 1.165) is 74.4 Å².